The van der Waals surface area contributed by atoms with Crippen molar-refractivity contribution in [3.63, 3.8) is 0 Å². The first kappa shape index (κ1) is 21.8. The molecule has 0 aliphatic carbocycles. The summed E-state index contributed by atoms with van der Waals surface area (Å²) in [5.41, 5.74) is 0.576. The number of halogens is 2. The fourth-order valence-electron chi connectivity index (χ4n) is 3.47. The number of hydrogen-bond donors (Lipinski definition) is 1. The Labute approximate surface area is 189 Å². The van der Waals surface area contributed by atoms with Crippen molar-refractivity contribution in [2.24, 2.45) is 5.92 Å². The number of sulfonamides is 1. The average Bonchev–Trinajstić information content (AvgIpc) is 3.29. The number of carbonyl (C=O) groups excluding carboxylic acids is 1. The van der Waals surface area contributed by atoms with Gasteiger partial charge in [0.15, 0.2) is 0 Å². The van der Waals surface area contributed by atoms with Crippen LogP contribution < -0.4 is 5.32 Å². The number of imidazole rings is 1. The van der Waals surface area contributed by atoms with Crippen molar-refractivity contribution < 1.29 is 13.2 Å². The molecule has 1 aliphatic heterocycles. The molecule has 1 amide bonds. The minimum Gasteiger partial charge on any atom is -0.324 e. The highest BCUT2D eigenvalue weighted by Crippen LogP contribution is 2.33. The summed E-state index contributed by atoms with van der Waals surface area (Å²) >= 11 is 12.2. The van der Waals surface area contributed by atoms with E-state index >= 15 is 0 Å². The molecule has 1 aliphatic rings. The van der Waals surface area contributed by atoms with Crippen molar-refractivity contribution in [2.75, 3.05) is 18.4 Å². The summed E-state index contributed by atoms with van der Waals surface area (Å²) < 4.78 is 29.0. The number of nitrogens with one attached hydrogen (secondary N) is 1. The lowest BCUT2D eigenvalue weighted by molar-refractivity contribution is -0.120. The van der Waals surface area contributed by atoms with Gasteiger partial charge in [0, 0.05) is 31.4 Å². The van der Waals surface area contributed by atoms with E-state index < -0.39 is 10.0 Å². The number of hydrogen-bond acceptors (Lipinski definition) is 5. The first-order valence-corrected chi connectivity index (χ1v) is 11.8. The lowest BCUT2D eigenvalue weighted by atomic mass is 9.97. The number of nitrogens with zero attached hydrogens (tertiary/aromatic N) is 4. The van der Waals surface area contributed by atoms with E-state index in [2.05, 4.69) is 15.3 Å². The van der Waals surface area contributed by atoms with E-state index in [0.29, 0.717) is 24.3 Å². The number of amides is 1. The third-order valence-corrected chi connectivity index (χ3v) is 7.98. The van der Waals surface area contributed by atoms with Gasteiger partial charge >= 0.3 is 0 Å². The van der Waals surface area contributed by atoms with Gasteiger partial charge in [-0.2, -0.15) is 4.31 Å². The molecule has 1 N–H and O–H groups in total. The molecule has 11 heteroatoms. The van der Waals surface area contributed by atoms with Crippen LogP contribution in [0.4, 0.5) is 5.69 Å². The van der Waals surface area contributed by atoms with E-state index in [-0.39, 0.29) is 39.9 Å². The molecule has 0 unspecified atom stereocenters. The molecule has 162 valence electrons. The summed E-state index contributed by atoms with van der Waals surface area (Å²) in [5, 5.41) is 3.02. The van der Waals surface area contributed by atoms with E-state index in [1.165, 1.54) is 16.4 Å². The Kier molecular flexibility index (Phi) is 6.29. The van der Waals surface area contributed by atoms with Crippen LogP contribution in [0.25, 0.3) is 5.82 Å². The van der Waals surface area contributed by atoms with Gasteiger partial charge < -0.3 is 5.32 Å². The highest BCUT2D eigenvalue weighted by atomic mass is 35.5. The van der Waals surface area contributed by atoms with Gasteiger partial charge in [-0.3, -0.25) is 9.36 Å². The van der Waals surface area contributed by atoms with E-state index in [0.717, 1.165) is 0 Å². The summed E-state index contributed by atoms with van der Waals surface area (Å²) in [6.07, 6.45) is 7.44. The van der Waals surface area contributed by atoms with Gasteiger partial charge in [0.05, 0.1) is 21.9 Å². The van der Waals surface area contributed by atoms with Gasteiger partial charge in [-0.05, 0) is 37.1 Å². The third-order valence-electron chi connectivity index (χ3n) is 5.13. The molecule has 0 bridgehead atoms. The number of rotatable bonds is 5. The number of benzene rings is 1. The number of pyridine rings is 1. The van der Waals surface area contributed by atoms with Gasteiger partial charge in [0.25, 0.3) is 0 Å². The number of piperidine rings is 1. The normalized spacial score (nSPS) is 15.7. The molecule has 0 radical (unpaired) electrons. The van der Waals surface area contributed by atoms with Gasteiger partial charge in [-0.15, -0.1) is 0 Å². The standard InChI is InChI=1S/C20H19Cl2N5O3S/c21-16-2-1-3-17(22)19(16)31(29,30)27-9-6-14(7-10-27)20(28)25-15-4-5-18(24-12-15)26-11-8-23-13-26/h1-5,8,11-14H,6-7,9-10H2,(H,25,28). The topological polar surface area (TPSA) is 97.2 Å². The second-order valence-electron chi connectivity index (χ2n) is 7.09. The van der Waals surface area contributed by atoms with E-state index in [4.69, 9.17) is 23.2 Å². The molecule has 31 heavy (non-hydrogen) atoms. The molecule has 0 spiro atoms. The largest absolute Gasteiger partial charge is 0.324 e. The summed E-state index contributed by atoms with van der Waals surface area (Å²) in [6, 6.07) is 8.12. The summed E-state index contributed by atoms with van der Waals surface area (Å²) in [5.74, 6) is 0.221. The summed E-state index contributed by atoms with van der Waals surface area (Å²) in [7, 11) is -3.84. The average molecular weight is 480 g/mol. The number of aromatic nitrogens is 3. The van der Waals surface area contributed by atoms with Crippen LogP contribution in [-0.4, -0.2) is 46.3 Å². The van der Waals surface area contributed by atoms with E-state index in [9.17, 15) is 13.2 Å². The maximum absolute atomic E-state index is 13.0. The van der Waals surface area contributed by atoms with Gasteiger partial charge in [-0.25, -0.2) is 18.4 Å². The second kappa shape index (κ2) is 8.96. The van der Waals surface area contributed by atoms with Gasteiger partial charge in [0.1, 0.15) is 17.0 Å². The Morgan fingerprint density at radius 3 is 2.39 bits per heavy atom. The van der Waals surface area contributed by atoms with Gasteiger partial charge in [-0.1, -0.05) is 29.3 Å². The minimum absolute atomic E-state index is 0.0824. The summed E-state index contributed by atoms with van der Waals surface area (Å²) in [4.78, 5) is 20.8. The molecule has 1 aromatic carbocycles. The zero-order chi connectivity index (χ0) is 22.0. The van der Waals surface area contributed by atoms with Crippen LogP contribution in [0, 0.1) is 5.92 Å². The third kappa shape index (κ3) is 4.59. The second-order valence-corrected chi connectivity index (χ2v) is 9.78. The zero-order valence-electron chi connectivity index (χ0n) is 16.3. The van der Waals surface area contributed by atoms with Crippen LogP contribution in [0.3, 0.4) is 0 Å². The highest BCUT2D eigenvalue weighted by Gasteiger charge is 2.34. The molecular formula is C20H19Cl2N5O3S. The first-order valence-electron chi connectivity index (χ1n) is 9.55. The van der Waals surface area contributed by atoms with Crippen LogP contribution in [0.2, 0.25) is 10.0 Å². The van der Waals surface area contributed by atoms with Crippen LogP contribution >= 0.6 is 23.2 Å². The summed E-state index contributed by atoms with van der Waals surface area (Å²) in [6.45, 7) is 0.416. The van der Waals surface area contributed by atoms with Crippen LogP contribution in [0.5, 0.6) is 0 Å². The Morgan fingerprint density at radius 2 is 1.81 bits per heavy atom. The van der Waals surface area contributed by atoms with Crippen molar-refractivity contribution in [3.8, 4) is 5.82 Å². The molecular weight excluding hydrogens is 461 g/mol. The molecule has 3 heterocycles. The van der Waals surface area contributed by atoms with Crippen molar-refractivity contribution >= 4 is 44.8 Å². The quantitative estimate of drug-likeness (QED) is 0.602. The lowest BCUT2D eigenvalue weighted by Crippen LogP contribution is -2.41. The molecule has 3 aromatic rings. The number of carbonyl (C=O) groups is 1. The monoisotopic (exact) mass is 479 g/mol. The molecule has 1 saturated heterocycles. The van der Waals surface area contributed by atoms with Crippen LogP contribution in [-0.2, 0) is 14.8 Å². The van der Waals surface area contributed by atoms with E-state index in [1.807, 2.05) is 0 Å². The number of anilines is 1. The first-order chi connectivity index (χ1) is 14.9. The van der Waals surface area contributed by atoms with Crippen molar-refractivity contribution in [3.05, 3.63) is 65.3 Å². The van der Waals surface area contributed by atoms with Crippen LogP contribution in [0.1, 0.15) is 12.8 Å². The Morgan fingerprint density at radius 1 is 1.10 bits per heavy atom. The van der Waals surface area contributed by atoms with Gasteiger partial charge in [0.2, 0.25) is 15.9 Å². The fourth-order valence-corrected chi connectivity index (χ4v) is 6.03. The molecule has 2 aromatic heterocycles. The van der Waals surface area contributed by atoms with Crippen molar-refractivity contribution in [2.45, 2.75) is 17.7 Å². The zero-order valence-corrected chi connectivity index (χ0v) is 18.6. The predicted octanol–water partition coefficient (Wildman–Crippen LogP) is 3.61. The Balaban J connectivity index is 1.38. The SMILES string of the molecule is O=C(Nc1ccc(-n2ccnc2)nc1)C1CCN(S(=O)(=O)c2c(Cl)cccc2Cl)CC1. The maximum Gasteiger partial charge on any atom is 0.246 e. The lowest BCUT2D eigenvalue weighted by Gasteiger charge is -2.31. The molecule has 1 fully saturated rings. The fraction of sp³-hybridized carbons (Fsp3) is 0.250. The minimum atomic E-state index is -3.84. The van der Waals surface area contributed by atoms with E-state index in [1.54, 1.807) is 47.7 Å². The smallest absolute Gasteiger partial charge is 0.246 e. The Bertz CT molecular complexity index is 1160. The molecule has 0 atom stereocenters. The predicted molar refractivity (Wildman–Crippen MR) is 118 cm³/mol. The molecule has 0 saturated carbocycles. The van der Waals surface area contributed by atoms with Crippen molar-refractivity contribution in [1.82, 2.24) is 18.8 Å². The molecule has 4 rings (SSSR count). The highest BCUT2D eigenvalue weighted by molar-refractivity contribution is 7.89. The Hall–Kier alpha value is -2.46. The van der Waals surface area contributed by atoms with Crippen molar-refractivity contribution in [1.29, 1.82) is 0 Å². The molecule has 8 nitrogen and oxygen atoms in total. The maximum atomic E-state index is 13.0. The van der Waals surface area contributed by atoms with Crippen LogP contribution in [0.15, 0.2) is 60.1 Å².